The van der Waals surface area contributed by atoms with Gasteiger partial charge in [0.25, 0.3) is 0 Å². The largest absolute Gasteiger partial charge is 0.497 e. The van der Waals surface area contributed by atoms with Gasteiger partial charge in [-0.25, -0.2) is 9.78 Å². The number of carboxylic acids is 1. The predicted octanol–water partition coefficient (Wildman–Crippen LogP) is 7.57. The molecule has 0 spiro atoms. The maximum Gasteiger partial charge on any atom is 0.345 e. The van der Waals surface area contributed by atoms with E-state index in [9.17, 15) is 14.7 Å². The number of hydrogen-bond acceptors (Lipinski definition) is 5. The average molecular weight is 580 g/mol. The molecule has 1 saturated carbocycles. The van der Waals surface area contributed by atoms with Gasteiger partial charge in [-0.15, -0.1) is 11.3 Å². The lowest BCUT2D eigenvalue weighted by Crippen LogP contribution is -2.43. The van der Waals surface area contributed by atoms with Crippen molar-refractivity contribution in [3.05, 3.63) is 71.1 Å². The van der Waals surface area contributed by atoms with Gasteiger partial charge in [0.15, 0.2) is 0 Å². The molecule has 1 aliphatic carbocycles. The van der Waals surface area contributed by atoms with Crippen LogP contribution in [0.1, 0.15) is 59.7 Å². The zero-order valence-electron chi connectivity index (χ0n) is 23.6. The summed E-state index contributed by atoms with van der Waals surface area (Å²) in [5.41, 5.74) is 6.97. The highest BCUT2D eigenvalue weighted by molar-refractivity contribution is 7.21. The normalized spacial score (nSPS) is 15.7. The average Bonchev–Trinajstić information content (AvgIpc) is 3.54. The van der Waals surface area contributed by atoms with Crippen LogP contribution in [-0.4, -0.2) is 51.6 Å². The highest BCUT2D eigenvalue weighted by Gasteiger charge is 2.31. The molecule has 2 fully saturated rings. The fourth-order valence-electron chi connectivity index (χ4n) is 6.50. The number of methoxy groups -OCH3 is 1. The summed E-state index contributed by atoms with van der Waals surface area (Å²) in [5, 5.41) is 10.9. The molecule has 1 amide bonds. The molecule has 2 aliphatic rings. The Morgan fingerprint density at radius 3 is 2.40 bits per heavy atom. The summed E-state index contributed by atoms with van der Waals surface area (Å²) in [6, 6.07) is 20.2. The minimum atomic E-state index is -0.919. The summed E-state index contributed by atoms with van der Waals surface area (Å²) in [6.45, 7) is 1.79. The van der Waals surface area contributed by atoms with Crippen LogP contribution in [0.15, 0.2) is 60.7 Å². The number of rotatable bonds is 7. The number of aromatic nitrogens is 2. The molecule has 8 heteroatoms. The fraction of sp³-hybridized carbons (Fsp3) is 0.324. The van der Waals surface area contributed by atoms with Crippen molar-refractivity contribution in [1.82, 2.24) is 14.5 Å². The summed E-state index contributed by atoms with van der Waals surface area (Å²) in [7, 11) is 1.66. The molecule has 3 aromatic heterocycles. The van der Waals surface area contributed by atoms with Crippen LogP contribution < -0.4 is 4.74 Å². The molecule has 7 rings (SSSR count). The number of fused-ring (bicyclic) bond motifs is 2. The van der Waals surface area contributed by atoms with Crippen LogP contribution in [0.2, 0.25) is 0 Å². The van der Waals surface area contributed by atoms with Crippen LogP contribution in [0, 0.1) is 0 Å². The number of thiophene rings is 1. The molecule has 214 valence electrons. The van der Waals surface area contributed by atoms with Gasteiger partial charge < -0.3 is 19.3 Å². The standard InChI is InChI=1S/C34H33N3O4S/c1-41-25-12-8-21(9-13-25)26-14-10-23-18-24(11-15-27(23)35-26)32-31(22-6-3-2-4-7-22)33-28(19-29(42-33)34(39)40)37(32)20-30(38)36-16-5-17-36/h8-15,18-19,22H,2-7,16-17,20H2,1H3,(H,39,40). The summed E-state index contributed by atoms with van der Waals surface area (Å²) < 4.78 is 8.41. The molecule has 1 saturated heterocycles. The SMILES string of the molecule is COc1ccc(-c2ccc3cc(-c4c(C5CCCCC5)c5sc(C(=O)O)cc5n4CC(=O)N4CCC4)ccc3n2)cc1. The van der Waals surface area contributed by atoms with Crippen LogP contribution in [-0.2, 0) is 11.3 Å². The first-order valence-electron chi connectivity index (χ1n) is 14.7. The van der Waals surface area contributed by atoms with Gasteiger partial charge in [0.1, 0.15) is 17.2 Å². The van der Waals surface area contributed by atoms with E-state index in [-0.39, 0.29) is 12.5 Å². The van der Waals surface area contributed by atoms with Gasteiger partial charge >= 0.3 is 5.97 Å². The lowest BCUT2D eigenvalue weighted by Gasteiger charge is -2.31. The first-order chi connectivity index (χ1) is 20.5. The van der Waals surface area contributed by atoms with Crippen LogP contribution in [0.5, 0.6) is 5.75 Å². The van der Waals surface area contributed by atoms with Crippen molar-refractivity contribution in [2.45, 2.75) is 51.0 Å². The Balaban J connectivity index is 1.37. The monoisotopic (exact) mass is 579 g/mol. The van der Waals surface area contributed by atoms with Crippen molar-refractivity contribution < 1.29 is 19.4 Å². The Kier molecular flexibility index (Phi) is 6.94. The lowest BCUT2D eigenvalue weighted by atomic mass is 9.83. The van der Waals surface area contributed by atoms with Gasteiger partial charge in [-0.3, -0.25) is 4.79 Å². The molecule has 1 N–H and O–H groups in total. The van der Waals surface area contributed by atoms with Crippen molar-refractivity contribution in [3.8, 4) is 28.3 Å². The Labute approximate surface area is 248 Å². The number of hydrogen-bond donors (Lipinski definition) is 1. The maximum absolute atomic E-state index is 13.3. The number of pyridine rings is 1. The Hall–Kier alpha value is -4.17. The second kappa shape index (κ2) is 10.9. The number of nitrogens with zero attached hydrogens (tertiary/aromatic N) is 3. The summed E-state index contributed by atoms with van der Waals surface area (Å²) in [4.78, 5) is 32.5. The minimum absolute atomic E-state index is 0.0873. The molecule has 7 nitrogen and oxygen atoms in total. The Bertz CT molecular complexity index is 1810. The quantitative estimate of drug-likeness (QED) is 0.215. The van der Waals surface area contributed by atoms with Gasteiger partial charge in [-0.2, -0.15) is 0 Å². The molecular formula is C34H33N3O4S. The molecule has 0 unspecified atom stereocenters. The van der Waals surface area contributed by atoms with Crippen LogP contribution in [0.25, 0.3) is 43.6 Å². The number of aromatic carboxylic acids is 1. The van der Waals surface area contributed by atoms with Crippen LogP contribution in [0.3, 0.4) is 0 Å². The molecule has 0 bridgehead atoms. The van der Waals surface area contributed by atoms with E-state index < -0.39 is 5.97 Å². The molecule has 1 aliphatic heterocycles. The number of benzene rings is 2. The van der Waals surface area contributed by atoms with E-state index in [1.54, 1.807) is 13.2 Å². The van der Waals surface area contributed by atoms with Gasteiger partial charge in [-0.1, -0.05) is 31.4 Å². The molecule has 5 aromatic rings. The van der Waals surface area contributed by atoms with Crippen LogP contribution in [0.4, 0.5) is 0 Å². The van der Waals surface area contributed by atoms with E-state index in [1.165, 1.54) is 23.3 Å². The number of likely N-dealkylation sites (tertiary alicyclic amines) is 1. The summed E-state index contributed by atoms with van der Waals surface area (Å²) in [6.07, 6.45) is 6.74. The maximum atomic E-state index is 13.3. The number of carbonyl (C=O) groups is 2. The van der Waals surface area contributed by atoms with Crippen molar-refractivity contribution in [3.63, 3.8) is 0 Å². The Morgan fingerprint density at radius 1 is 0.952 bits per heavy atom. The van der Waals surface area contributed by atoms with E-state index in [0.29, 0.717) is 10.8 Å². The number of ether oxygens (including phenoxy) is 1. The first kappa shape index (κ1) is 26.7. The number of carbonyl (C=O) groups excluding carboxylic acids is 1. The second-order valence-corrected chi connectivity index (χ2v) is 12.4. The topological polar surface area (TPSA) is 84.7 Å². The molecule has 4 heterocycles. The van der Waals surface area contributed by atoms with E-state index >= 15 is 0 Å². The zero-order valence-corrected chi connectivity index (χ0v) is 24.5. The minimum Gasteiger partial charge on any atom is -0.497 e. The number of amides is 1. The van der Waals surface area contributed by atoms with Crippen molar-refractivity contribution in [1.29, 1.82) is 0 Å². The molecular weight excluding hydrogens is 546 g/mol. The van der Waals surface area contributed by atoms with Gasteiger partial charge in [-0.05, 0) is 84.8 Å². The van der Waals surface area contributed by atoms with Crippen molar-refractivity contribution >= 4 is 44.3 Å². The van der Waals surface area contributed by atoms with E-state index in [1.807, 2.05) is 35.2 Å². The zero-order chi connectivity index (χ0) is 28.8. The highest BCUT2D eigenvalue weighted by Crippen LogP contribution is 2.47. The predicted molar refractivity (Wildman–Crippen MR) is 167 cm³/mol. The van der Waals surface area contributed by atoms with Gasteiger partial charge in [0.05, 0.1) is 34.2 Å². The van der Waals surface area contributed by atoms with Crippen molar-refractivity contribution in [2.24, 2.45) is 0 Å². The second-order valence-electron chi connectivity index (χ2n) is 11.4. The molecule has 0 radical (unpaired) electrons. The third-order valence-corrected chi connectivity index (χ3v) is 9.99. The Morgan fingerprint density at radius 2 is 1.71 bits per heavy atom. The van der Waals surface area contributed by atoms with E-state index in [4.69, 9.17) is 9.72 Å². The van der Waals surface area contributed by atoms with E-state index in [0.717, 1.165) is 94.6 Å². The van der Waals surface area contributed by atoms with E-state index in [2.05, 4.69) is 28.8 Å². The van der Waals surface area contributed by atoms with Gasteiger partial charge in [0, 0.05) is 24.0 Å². The summed E-state index contributed by atoms with van der Waals surface area (Å²) in [5.74, 6) is 0.314. The first-order valence-corrected chi connectivity index (χ1v) is 15.5. The summed E-state index contributed by atoms with van der Waals surface area (Å²) >= 11 is 1.35. The fourth-order valence-corrected chi connectivity index (χ4v) is 7.62. The lowest BCUT2D eigenvalue weighted by molar-refractivity contribution is -0.135. The smallest absolute Gasteiger partial charge is 0.345 e. The molecule has 2 aromatic carbocycles. The highest BCUT2D eigenvalue weighted by atomic mass is 32.1. The molecule has 42 heavy (non-hydrogen) atoms. The van der Waals surface area contributed by atoms with Crippen molar-refractivity contribution in [2.75, 3.05) is 20.2 Å². The van der Waals surface area contributed by atoms with Gasteiger partial charge in [0.2, 0.25) is 5.91 Å². The number of carboxylic acid groups (broad SMARTS) is 1. The van der Waals surface area contributed by atoms with Crippen LogP contribution >= 0.6 is 11.3 Å². The third kappa shape index (κ3) is 4.73. The molecule has 0 atom stereocenters. The third-order valence-electron chi connectivity index (χ3n) is 8.85.